The highest BCUT2D eigenvalue weighted by molar-refractivity contribution is 4.93. The van der Waals surface area contributed by atoms with Crippen molar-refractivity contribution in [2.24, 2.45) is 0 Å². The van der Waals surface area contributed by atoms with Crippen LogP contribution in [0.25, 0.3) is 0 Å². The minimum absolute atomic E-state index is 0.518. The van der Waals surface area contributed by atoms with Crippen molar-refractivity contribution in [2.45, 2.75) is 33.2 Å². The molecule has 0 aliphatic heterocycles. The second kappa shape index (κ2) is 2.82. The molecule has 0 aromatic carbocycles. The second-order valence-corrected chi connectivity index (χ2v) is 2.71. The number of hydrogen-bond acceptors (Lipinski definition) is 1. The first-order chi connectivity index (χ1) is 4.74. The van der Waals surface area contributed by atoms with Gasteiger partial charge >= 0.3 is 0 Å². The fourth-order valence-electron chi connectivity index (χ4n) is 0.780. The predicted molar refractivity (Wildman–Crippen MR) is 38.5 cm³/mol. The lowest BCUT2D eigenvalue weighted by atomic mass is 10.2. The fourth-order valence-corrected chi connectivity index (χ4v) is 0.780. The first-order valence-electron chi connectivity index (χ1n) is 3.68. The smallest absolute Gasteiger partial charge is 0.163 e. The van der Waals surface area contributed by atoms with Gasteiger partial charge in [-0.1, -0.05) is 19.1 Å². The summed E-state index contributed by atoms with van der Waals surface area (Å²) in [6, 6.07) is 0. The first kappa shape index (κ1) is 7.25. The minimum atomic E-state index is 0.518. The van der Waals surface area contributed by atoms with Gasteiger partial charge in [-0.25, -0.2) is 0 Å². The normalized spacial score (nSPS) is 10.8. The van der Waals surface area contributed by atoms with Crippen molar-refractivity contribution in [1.29, 1.82) is 0 Å². The molecule has 1 aromatic heterocycles. The van der Waals surface area contributed by atoms with Gasteiger partial charge in [0.25, 0.3) is 0 Å². The Morgan fingerprint density at radius 2 is 2.40 bits per heavy atom. The molecule has 1 aromatic rings. The Morgan fingerprint density at radius 1 is 1.70 bits per heavy atom. The number of nitrogens with one attached hydrogen (secondary N) is 1. The van der Waals surface area contributed by atoms with Crippen LogP contribution in [0, 0.1) is 0 Å². The summed E-state index contributed by atoms with van der Waals surface area (Å²) in [5.41, 5.74) is 1.13. The highest BCUT2D eigenvalue weighted by atomic mass is 15.4. The summed E-state index contributed by atoms with van der Waals surface area (Å²) >= 11 is 0. The molecule has 1 rings (SSSR count). The zero-order valence-electron chi connectivity index (χ0n) is 6.76. The number of aromatic nitrogens is 3. The quantitative estimate of drug-likeness (QED) is 0.607. The molecule has 0 bridgehead atoms. The van der Waals surface area contributed by atoms with Crippen molar-refractivity contribution in [3.05, 3.63) is 11.9 Å². The molecule has 10 heavy (non-hydrogen) atoms. The van der Waals surface area contributed by atoms with Gasteiger partial charge < -0.3 is 0 Å². The maximum Gasteiger partial charge on any atom is 0.220 e. The van der Waals surface area contributed by atoms with Gasteiger partial charge in [0.2, 0.25) is 5.69 Å². The summed E-state index contributed by atoms with van der Waals surface area (Å²) in [7, 11) is 0. The van der Waals surface area contributed by atoms with Crippen LogP contribution in [-0.4, -0.2) is 10.3 Å². The molecular formula is C7H14N3+. The van der Waals surface area contributed by atoms with Crippen molar-refractivity contribution < 1.29 is 4.68 Å². The Balaban J connectivity index is 2.78. The molecule has 0 atom stereocenters. The highest BCUT2D eigenvalue weighted by Gasteiger charge is 2.10. The first-order valence-corrected chi connectivity index (χ1v) is 3.68. The van der Waals surface area contributed by atoms with E-state index in [1.165, 1.54) is 0 Å². The predicted octanol–water partition coefficient (Wildman–Crippen LogP) is 0.840. The van der Waals surface area contributed by atoms with Gasteiger partial charge in [-0.3, -0.25) is 0 Å². The lowest BCUT2D eigenvalue weighted by Crippen LogP contribution is -2.33. The third-order valence-electron chi connectivity index (χ3n) is 1.53. The average Bonchev–Trinajstić information content (AvgIpc) is 2.34. The SMILES string of the molecule is CC[n+]1cc(C(C)C)n[nH]1. The molecule has 0 aliphatic rings. The molecule has 3 heteroatoms. The van der Waals surface area contributed by atoms with Crippen molar-refractivity contribution >= 4 is 0 Å². The van der Waals surface area contributed by atoms with Gasteiger partial charge in [0.05, 0.1) is 0 Å². The van der Waals surface area contributed by atoms with E-state index >= 15 is 0 Å². The number of aryl methyl sites for hydroxylation is 1. The van der Waals surface area contributed by atoms with E-state index in [0.717, 1.165) is 12.2 Å². The molecule has 0 saturated carbocycles. The van der Waals surface area contributed by atoms with Crippen LogP contribution in [0.15, 0.2) is 6.20 Å². The number of nitrogens with zero attached hydrogens (tertiary/aromatic N) is 2. The van der Waals surface area contributed by atoms with E-state index < -0.39 is 0 Å². The van der Waals surface area contributed by atoms with Gasteiger partial charge in [-0.05, 0) is 6.92 Å². The van der Waals surface area contributed by atoms with E-state index in [1.807, 2.05) is 10.9 Å². The topological polar surface area (TPSA) is 32.6 Å². The largest absolute Gasteiger partial charge is 0.220 e. The van der Waals surface area contributed by atoms with Crippen LogP contribution in [0.3, 0.4) is 0 Å². The average molecular weight is 140 g/mol. The fraction of sp³-hybridized carbons (Fsp3) is 0.714. The van der Waals surface area contributed by atoms with Crippen molar-refractivity contribution in [1.82, 2.24) is 10.3 Å². The molecule has 56 valence electrons. The summed E-state index contributed by atoms with van der Waals surface area (Å²) in [4.78, 5) is 0. The molecular weight excluding hydrogens is 126 g/mol. The Labute approximate surface area is 61.1 Å². The van der Waals surface area contributed by atoms with E-state index in [0.29, 0.717) is 5.92 Å². The lowest BCUT2D eigenvalue weighted by molar-refractivity contribution is -0.750. The number of hydrogen-bond donors (Lipinski definition) is 1. The number of rotatable bonds is 2. The molecule has 0 spiro atoms. The maximum absolute atomic E-state index is 4.12. The Bertz CT molecular complexity index is 202. The third-order valence-corrected chi connectivity index (χ3v) is 1.53. The highest BCUT2D eigenvalue weighted by Crippen LogP contribution is 2.06. The van der Waals surface area contributed by atoms with E-state index in [-0.39, 0.29) is 0 Å². The molecule has 1 heterocycles. The lowest BCUT2D eigenvalue weighted by Gasteiger charge is -1.87. The Kier molecular flexibility index (Phi) is 2.04. The van der Waals surface area contributed by atoms with Crippen molar-refractivity contribution in [3.63, 3.8) is 0 Å². The molecule has 0 fully saturated rings. The molecule has 0 aliphatic carbocycles. The number of aromatic amines is 1. The third kappa shape index (κ3) is 1.35. The van der Waals surface area contributed by atoms with E-state index in [2.05, 4.69) is 31.1 Å². The standard InChI is InChI=1S/C7H13N3/c1-4-10-5-7(6(2)3)8-9-10/h5-6H,4H2,1-3H3/p+1. The molecule has 0 unspecified atom stereocenters. The zero-order valence-corrected chi connectivity index (χ0v) is 6.76. The molecule has 1 N–H and O–H groups in total. The van der Waals surface area contributed by atoms with Crippen LogP contribution in [0.2, 0.25) is 0 Å². The van der Waals surface area contributed by atoms with E-state index in [1.54, 1.807) is 0 Å². The summed E-state index contributed by atoms with van der Waals surface area (Å²) in [6.07, 6.45) is 2.05. The van der Waals surface area contributed by atoms with Crippen LogP contribution in [-0.2, 0) is 6.54 Å². The Hall–Kier alpha value is -0.860. The summed E-state index contributed by atoms with van der Waals surface area (Å²) < 4.78 is 1.97. The van der Waals surface area contributed by atoms with Gasteiger partial charge in [0, 0.05) is 11.0 Å². The summed E-state index contributed by atoms with van der Waals surface area (Å²) in [5.74, 6) is 0.518. The Morgan fingerprint density at radius 3 is 2.70 bits per heavy atom. The van der Waals surface area contributed by atoms with Gasteiger partial charge in [0.1, 0.15) is 6.54 Å². The van der Waals surface area contributed by atoms with Crippen LogP contribution >= 0.6 is 0 Å². The van der Waals surface area contributed by atoms with Crippen LogP contribution < -0.4 is 4.68 Å². The second-order valence-electron chi connectivity index (χ2n) is 2.71. The zero-order chi connectivity index (χ0) is 7.56. The van der Waals surface area contributed by atoms with E-state index in [9.17, 15) is 0 Å². The van der Waals surface area contributed by atoms with Crippen LogP contribution in [0.1, 0.15) is 32.4 Å². The number of H-pyrrole nitrogens is 1. The maximum atomic E-state index is 4.12. The summed E-state index contributed by atoms with van der Waals surface area (Å²) in [6.45, 7) is 7.31. The summed E-state index contributed by atoms with van der Waals surface area (Å²) in [5, 5.41) is 7.03. The van der Waals surface area contributed by atoms with Crippen molar-refractivity contribution in [2.75, 3.05) is 0 Å². The van der Waals surface area contributed by atoms with Gasteiger partial charge in [0.15, 0.2) is 6.20 Å². The van der Waals surface area contributed by atoms with Crippen molar-refractivity contribution in [3.8, 4) is 0 Å². The molecule has 0 saturated heterocycles. The monoisotopic (exact) mass is 140 g/mol. The van der Waals surface area contributed by atoms with Gasteiger partial charge in [-0.15, -0.1) is 0 Å². The van der Waals surface area contributed by atoms with Gasteiger partial charge in [-0.2, -0.15) is 4.68 Å². The molecule has 0 amide bonds. The minimum Gasteiger partial charge on any atom is -0.163 e. The van der Waals surface area contributed by atoms with Crippen LogP contribution in [0.4, 0.5) is 0 Å². The molecule has 0 radical (unpaired) electrons. The van der Waals surface area contributed by atoms with Crippen LogP contribution in [0.5, 0.6) is 0 Å². The van der Waals surface area contributed by atoms with E-state index in [4.69, 9.17) is 0 Å². The molecule has 3 nitrogen and oxygen atoms in total.